The number of hydrogen-bond acceptors (Lipinski definition) is 2. The second-order valence-corrected chi connectivity index (χ2v) is 3.34. The van der Waals surface area contributed by atoms with Gasteiger partial charge in [0.15, 0.2) is 0 Å². The van der Waals surface area contributed by atoms with E-state index < -0.39 is 18.1 Å². The van der Waals surface area contributed by atoms with Gasteiger partial charge in [0, 0.05) is 6.04 Å². The van der Waals surface area contributed by atoms with Gasteiger partial charge in [-0.15, -0.1) is 0 Å². The molecule has 1 aliphatic carbocycles. The van der Waals surface area contributed by atoms with Gasteiger partial charge >= 0.3 is 12.1 Å². The molecular weight excluding hydrogens is 162 g/mol. The monoisotopic (exact) mass is 171 g/mol. The molecule has 2 rings (SSSR count). The maximum Gasteiger partial charge on any atom is 0.408 e. The number of piperidine rings is 1. The molecule has 0 unspecified atom stereocenters. The average Bonchev–Trinajstić information content (AvgIpc) is 2.60. The predicted octanol–water partition coefficient (Wildman–Crippen LogP) is 0.212. The number of nitrogens with zero attached hydrogens (tertiary/aromatic N) is 1. The molecule has 1 aliphatic heterocycles. The van der Waals surface area contributed by atoms with Crippen LogP contribution in [0.3, 0.4) is 0 Å². The number of hydrogen-bond donors (Lipinski definition) is 2. The van der Waals surface area contributed by atoms with E-state index in [1.807, 2.05) is 0 Å². The molecule has 0 radical (unpaired) electrons. The van der Waals surface area contributed by atoms with E-state index in [-0.39, 0.29) is 6.04 Å². The van der Waals surface area contributed by atoms with Crippen LogP contribution in [0.5, 0.6) is 0 Å². The average molecular weight is 171 g/mol. The van der Waals surface area contributed by atoms with Crippen molar-refractivity contribution in [1.29, 1.82) is 0 Å². The third-order valence-corrected chi connectivity index (χ3v) is 2.61. The third-order valence-electron chi connectivity index (χ3n) is 2.61. The van der Waals surface area contributed by atoms with Crippen LogP contribution in [0.4, 0.5) is 4.79 Å². The van der Waals surface area contributed by atoms with Gasteiger partial charge in [0.25, 0.3) is 0 Å². The number of aliphatic carboxylic acids is 1. The molecule has 1 saturated heterocycles. The van der Waals surface area contributed by atoms with Crippen molar-refractivity contribution in [3.63, 3.8) is 0 Å². The highest BCUT2D eigenvalue weighted by atomic mass is 16.4. The first-order chi connectivity index (χ1) is 5.61. The van der Waals surface area contributed by atoms with Gasteiger partial charge < -0.3 is 10.2 Å². The lowest BCUT2D eigenvalue weighted by molar-refractivity contribution is -0.142. The van der Waals surface area contributed by atoms with Crippen LogP contribution in [0, 0.1) is 5.92 Å². The normalized spacial score (nSPS) is 37.7. The maximum atomic E-state index is 10.6. The summed E-state index contributed by atoms with van der Waals surface area (Å²) in [4.78, 5) is 22.3. The third kappa shape index (κ3) is 0.855. The Morgan fingerprint density at radius 1 is 1.25 bits per heavy atom. The molecule has 0 bridgehead atoms. The second-order valence-electron chi connectivity index (χ2n) is 3.34. The summed E-state index contributed by atoms with van der Waals surface area (Å²) in [5, 5.41) is 17.4. The van der Waals surface area contributed by atoms with Crippen LogP contribution in [-0.4, -0.2) is 39.3 Å². The van der Waals surface area contributed by atoms with Crippen LogP contribution < -0.4 is 0 Å². The van der Waals surface area contributed by atoms with E-state index in [2.05, 4.69) is 0 Å². The van der Waals surface area contributed by atoms with Crippen LogP contribution in [0.15, 0.2) is 0 Å². The number of carboxylic acid groups (broad SMARTS) is 2. The number of likely N-dealkylation sites (tertiary alicyclic amines) is 1. The Hall–Kier alpha value is -1.26. The van der Waals surface area contributed by atoms with Crippen molar-refractivity contribution in [3.8, 4) is 0 Å². The molecule has 0 aromatic carbocycles. The SMILES string of the molecule is O=C(O)[C@@H]1C[C@H]2C[C@H]2N1C(=O)O. The molecule has 2 aliphatic rings. The summed E-state index contributed by atoms with van der Waals surface area (Å²) in [7, 11) is 0. The molecule has 5 nitrogen and oxygen atoms in total. The first-order valence-electron chi connectivity index (χ1n) is 3.85. The number of amides is 1. The summed E-state index contributed by atoms with van der Waals surface area (Å²) in [6, 6.07) is -0.810. The molecule has 3 atom stereocenters. The van der Waals surface area contributed by atoms with Crippen LogP contribution in [0.25, 0.3) is 0 Å². The molecule has 2 fully saturated rings. The van der Waals surface area contributed by atoms with E-state index in [1.54, 1.807) is 0 Å². The van der Waals surface area contributed by atoms with Crippen molar-refractivity contribution in [2.75, 3.05) is 0 Å². The maximum absolute atomic E-state index is 10.6. The Kier molecular flexibility index (Phi) is 1.31. The van der Waals surface area contributed by atoms with E-state index in [1.165, 1.54) is 0 Å². The molecule has 2 N–H and O–H groups in total. The van der Waals surface area contributed by atoms with Crippen LogP contribution >= 0.6 is 0 Å². The summed E-state index contributed by atoms with van der Waals surface area (Å²) in [6.45, 7) is 0. The zero-order valence-corrected chi connectivity index (χ0v) is 6.30. The topological polar surface area (TPSA) is 77.8 Å². The standard InChI is InChI=1S/C7H9NO4/c9-6(10)5-2-3-1-4(3)8(5)7(11)12/h3-5H,1-2H2,(H,9,10)(H,11,12)/t3-,4-,5+/m1/s1. The lowest BCUT2D eigenvalue weighted by atomic mass is 10.2. The lowest BCUT2D eigenvalue weighted by Crippen LogP contribution is -2.42. The van der Waals surface area contributed by atoms with Crippen molar-refractivity contribution in [3.05, 3.63) is 0 Å². The van der Waals surface area contributed by atoms with Gasteiger partial charge in [-0.25, -0.2) is 9.59 Å². The molecule has 0 aromatic heterocycles. The van der Waals surface area contributed by atoms with Crippen molar-refractivity contribution < 1.29 is 19.8 Å². The predicted molar refractivity (Wildman–Crippen MR) is 37.8 cm³/mol. The Morgan fingerprint density at radius 3 is 2.33 bits per heavy atom. The van der Waals surface area contributed by atoms with E-state index in [9.17, 15) is 9.59 Å². The van der Waals surface area contributed by atoms with Crippen LogP contribution in [-0.2, 0) is 4.79 Å². The van der Waals surface area contributed by atoms with Crippen molar-refractivity contribution in [1.82, 2.24) is 4.90 Å². The van der Waals surface area contributed by atoms with Crippen molar-refractivity contribution >= 4 is 12.1 Å². The largest absolute Gasteiger partial charge is 0.480 e. The minimum Gasteiger partial charge on any atom is -0.480 e. The van der Waals surface area contributed by atoms with Gasteiger partial charge in [0.05, 0.1) is 0 Å². The minimum absolute atomic E-state index is 0.0106. The van der Waals surface area contributed by atoms with Gasteiger partial charge in [-0.2, -0.15) is 0 Å². The van der Waals surface area contributed by atoms with Gasteiger partial charge in [-0.3, -0.25) is 4.90 Å². The Labute approximate surface area is 68.6 Å². The highest BCUT2D eigenvalue weighted by molar-refractivity contribution is 5.81. The number of carbonyl (C=O) groups is 2. The smallest absolute Gasteiger partial charge is 0.408 e. The zero-order valence-electron chi connectivity index (χ0n) is 6.30. The first kappa shape index (κ1) is 7.39. The Bertz CT molecular complexity index is 252. The molecule has 66 valence electrons. The number of carboxylic acids is 1. The van der Waals surface area contributed by atoms with Gasteiger partial charge in [-0.1, -0.05) is 0 Å². The van der Waals surface area contributed by atoms with E-state index in [0.717, 1.165) is 11.3 Å². The first-order valence-corrected chi connectivity index (χ1v) is 3.85. The van der Waals surface area contributed by atoms with Gasteiger partial charge in [-0.05, 0) is 18.8 Å². The molecule has 1 heterocycles. The van der Waals surface area contributed by atoms with Crippen molar-refractivity contribution in [2.45, 2.75) is 24.9 Å². The van der Waals surface area contributed by atoms with E-state index >= 15 is 0 Å². The fourth-order valence-electron chi connectivity index (χ4n) is 1.95. The summed E-state index contributed by atoms with van der Waals surface area (Å²) in [5.41, 5.74) is 0. The summed E-state index contributed by atoms with van der Waals surface area (Å²) < 4.78 is 0. The van der Waals surface area contributed by atoms with Crippen molar-refractivity contribution in [2.24, 2.45) is 5.92 Å². The summed E-state index contributed by atoms with van der Waals surface area (Å²) in [6.07, 6.45) is 0.231. The van der Waals surface area contributed by atoms with Crippen LogP contribution in [0.2, 0.25) is 0 Å². The van der Waals surface area contributed by atoms with Crippen LogP contribution in [0.1, 0.15) is 12.8 Å². The Morgan fingerprint density at radius 2 is 1.92 bits per heavy atom. The quantitative estimate of drug-likeness (QED) is 0.591. The highest BCUT2D eigenvalue weighted by Gasteiger charge is 2.56. The van der Waals surface area contributed by atoms with E-state index in [4.69, 9.17) is 10.2 Å². The molecule has 12 heavy (non-hydrogen) atoms. The molecule has 5 heteroatoms. The second kappa shape index (κ2) is 2.12. The van der Waals surface area contributed by atoms with Gasteiger partial charge in [0.2, 0.25) is 0 Å². The number of rotatable bonds is 1. The fourth-order valence-corrected chi connectivity index (χ4v) is 1.95. The zero-order chi connectivity index (χ0) is 8.88. The molecular formula is C7H9NO4. The van der Waals surface area contributed by atoms with Gasteiger partial charge in [0.1, 0.15) is 6.04 Å². The summed E-state index contributed by atoms with van der Waals surface area (Å²) in [5.74, 6) is -0.716. The minimum atomic E-state index is -1.10. The lowest BCUT2D eigenvalue weighted by Gasteiger charge is -2.20. The molecule has 0 spiro atoms. The fraction of sp³-hybridized carbons (Fsp3) is 0.714. The molecule has 1 saturated carbocycles. The summed E-state index contributed by atoms with van der Waals surface area (Å²) >= 11 is 0. The molecule has 1 amide bonds. The highest BCUT2D eigenvalue weighted by Crippen LogP contribution is 2.47. The van der Waals surface area contributed by atoms with E-state index in [0.29, 0.717) is 12.3 Å². The Balaban J connectivity index is 2.16. The number of fused-ring (bicyclic) bond motifs is 1. The molecule has 0 aromatic rings.